The molecule has 15 heavy (non-hydrogen) atoms. The van der Waals surface area contributed by atoms with Crippen molar-refractivity contribution in [1.82, 2.24) is 0 Å². The number of rotatable bonds is 3. The van der Waals surface area contributed by atoms with Crippen LogP contribution in [0.25, 0.3) is 0 Å². The average molecular weight is 225 g/mol. The summed E-state index contributed by atoms with van der Waals surface area (Å²) in [7, 11) is 0. The molecule has 2 nitrogen and oxygen atoms in total. The van der Waals surface area contributed by atoms with Crippen LogP contribution in [0.3, 0.4) is 0 Å². The van der Waals surface area contributed by atoms with E-state index in [1.807, 2.05) is 45.0 Å². The fourth-order valence-corrected chi connectivity index (χ4v) is 0.983. The molecule has 0 saturated heterocycles. The van der Waals surface area contributed by atoms with Gasteiger partial charge in [0.1, 0.15) is 12.8 Å². The van der Waals surface area contributed by atoms with Gasteiger partial charge in [0.2, 0.25) is 0 Å². The van der Waals surface area contributed by atoms with Gasteiger partial charge in [-0.05, 0) is 17.7 Å². The lowest BCUT2D eigenvalue weighted by Gasteiger charge is -2.08. The molecule has 1 radical (unpaired) electrons. The van der Waals surface area contributed by atoms with Crippen molar-refractivity contribution < 1.29 is 4.84 Å². The normalized spacial score (nSPS) is 12.0. The van der Waals surface area contributed by atoms with Crippen molar-refractivity contribution in [3.05, 3.63) is 34.9 Å². The van der Waals surface area contributed by atoms with Gasteiger partial charge in [0.25, 0.3) is 0 Å². The van der Waals surface area contributed by atoms with Crippen molar-refractivity contribution in [3.63, 3.8) is 0 Å². The van der Waals surface area contributed by atoms with Crippen molar-refractivity contribution in [2.75, 3.05) is 0 Å². The highest BCUT2D eigenvalue weighted by molar-refractivity contribution is 6.30. The van der Waals surface area contributed by atoms with Crippen LogP contribution in [0.1, 0.15) is 26.3 Å². The van der Waals surface area contributed by atoms with E-state index >= 15 is 0 Å². The zero-order valence-corrected chi connectivity index (χ0v) is 10.0. The summed E-state index contributed by atoms with van der Waals surface area (Å²) in [6.07, 6.45) is 2.88. The smallest absolute Gasteiger partial charge is 0.142 e. The molecule has 3 heteroatoms. The Morgan fingerprint density at radius 1 is 1.27 bits per heavy atom. The van der Waals surface area contributed by atoms with Gasteiger partial charge in [-0.2, -0.15) is 0 Å². The number of hydrogen-bond acceptors (Lipinski definition) is 2. The first-order valence-corrected chi connectivity index (χ1v) is 5.19. The molecule has 0 atom stereocenters. The van der Waals surface area contributed by atoms with Crippen molar-refractivity contribution in [3.8, 4) is 0 Å². The van der Waals surface area contributed by atoms with E-state index in [2.05, 4.69) is 11.4 Å². The van der Waals surface area contributed by atoms with E-state index in [1.165, 1.54) is 0 Å². The summed E-state index contributed by atoms with van der Waals surface area (Å²) < 4.78 is 0. The maximum Gasteiger partial charge on any atom is 0.142 e. The predicted octanol–water partition coefficient (Wildman–Crippen LogP) is 3.77. The van der Waals surface area contributed by atoms with Crippen molar-refractivity contribution in [1.29, 1.82) is 0 Å². The molecule has 0 N–H and O–H groups in total. The zero-order valence-electron chi connectivity index (χ0n) is 9.25. The molecule has 0 aliphatic carbocycles. The monoisotopic (exact) mass is 224 g/mol. The molecule has 0 unspecified atom stereocenters. The summed E-state index contributed by atoms with van der Waals surface area (Å²) in [5, 5.41) is 4.50. The van der Waals surface area contributed by atoms with Crippen LogP contribution in [-0.2, 0) is 11.4 Å². The molecule has 0 bridgehead atoms. The molecule has 0 aliphatic heterocycles. The van der Waals surface area contributed by atoms with Crippen LogP contribution >= 0.6 is 11.6 Å². The molecule has 1 rings (SSSR count). The van der Waals surface area contributed by atoms with Crippen LogP contribution in [0.5, 0.6) is 0 Å². The molecule has 0 saturated carbocycles. The lowest BCUT2D eigenvalue weighted by Crippen LogP contribution is -2.06. The molecule has 0 heterocycles. The fourth-order valence-electron chi connectivity index (χ4n) is 0.857. The first kappa shape index (κ1) is 12.1. The van der Waals surface area contributed by atoms with Gasteiger partial charge in [0.15, 0.2) is 0 Å². The molecule has 1 aromatic carbocycles. The maximum atomic E-state index is 5.76. The maximum absolute atomic E-state index is 5.76. The Balaban J connectivity index is 2.38. The Hall–Kier alpha value is -1.02. The fraction of sp³-hybridized carbons (Fsp3) is 0.417. The standard InChI is InChI=1S/C12H15ClNO/c1-12(2,3)9-14-15-8-10-4-6-11(13)7-5-10/h4-7H,8H2,1-3H3. The molecule has 0 aromatic heterocycles. The van der Waals surface area contributed by atoms with Crippen LogP contribution < -0.4 is 0 Å². The van der Waals surface area contributed by atoms with Crippen LogP contribution in [-0.4, -0.2) is 6.21 Å². The number of halogens is 1. The van der Waals surface area contributed by atoms with Gasteiger partial charge in [0.05, 0.1) is 0 Å². The molecule has 0 aliphatic rings. The molecule has 1 aromatic rings. The number of benzene rings is 1. The Morgan fingerprint density at radius 2 is 1.87 bits per heavy atom. The summed E-state index contributed by atoms with van der Waals surface area (Å²) in [5.41, 5.74) is 0.971. The van der Waals surface area contributed by atoms with Gasteiger partial charge in [-0.25, -0.2) is 0 Å². The van der Waals surface area contributed by atoms with E-state index in [0.29, 0.717) is 6.61 Å². The highest BCUT2D eigenvalue weighted by Crippen LogP contribution is 2.11. The van der Waals surface area contributed by atoms with Gasteiger partial charge < -0.3 is 4.84 Å². The molecule has 0 fully saturated rings. The third-order valence-electron chi connectivity index (χ3n) is 1.59. The Bertz CT molecular complexity index is 324. The van der Waals surface area contributed by atoms with Gasteiger partial charge in [-0.1, -0.05) is 49.7 Å². The predicted molar refractivity (Wildman–Crippen MR) is 63.1 cm³/mol. The van der Waals surface area contributed by atoms with Crippen LogP contribution in [0, 0.1) is 5.41 Å². The summed E-state index contributed by atoms with van der Waals surface area (Å²) in [6.45, 7) is 6.49. The SMILES string of the molecule is CC(C)(C)/[C]=N\OCc1ccc(Cl)cc1. The molecule has 0 amide bonds. The molecular weight excluding hydrogens is 210 g/mol. The minimum atomic E-state index is -0.0694. The lowest BCUT2D eigenvalue weighted by molar-refractivity contribution is 0.129. The first-order chi connectivity index (χ1) is 6.97. The quantitative estimate of drug-likeness (QED) is 0.566. The van der Waals surface area contributed by atoms with E-state index in [-0.39, 0.29) is 5.41 Å². The van der Waals surface area contributed by atoms with E-state index in [1.54, 1.807) is 0 Å². The lowest BCUT2D eigenvalue weighted by atomic mass is 10.00. The highest BCUT2D eigenvalue weighted by atomic mass is 35.5. The Kier molecular flexibility index (Phi) is 4.15. The first-order valence-electron chi connectivity index (χ1n) is 4.81. The van der Waals surface area contributed by atoms with Crippen LogP contribution in [0.2, 0.25) is 5.02 Å². The molecular formula is C12H15ClNO. The van der Waals surface area contributed by atoms with Gasteiger partial charge in [0, 0.05) is 10.4 Å². The second-order valence-electron chi connectivity index (χ2n) is 4.35. The van der Waals surface area contributed by atoms with Crippen molar-refractivity contribution >= 4 is 17.8 Å². The van der Waals surface area contributed by atoms with Gasteiger partial charge >= 0.3 is 0 Å². The van der Waals surface area contributed by atoms with Crippen LogP contribution in [0.4, 0.5) is 0 Å². The second kappa shape index (κ2) is 5.17. The van der Waals surface area contributed by atoms with E-state index in [4.69, 9.17) is 16.4 Å². The van der Waals surface area contributed by atoms with Gasteiger partial charge in [-0.3, -0.25) is 0 Å². The van der Waals surface area contributed by atoms with E-state index in [0.717, 1.165) is 10.6 Å². The summed E-state index contributed by atoms with van der Waals surface area (Å²) >= 11 is 5.76. The Labute approximate surface area is 95.9 Å². The van der Waals surface area contributed by atoms with E-state index < -0.39 is 0 Å². The summed E-state index contributed by atoms with van der Waals surface area (Å²) in [4.78, 5) is 5.11. The second-order valence-corrected chi connectivity index (χ2v) is 4.79. The van der Waals surface area contributed by atoms with Crippen LogP contribution in [0.15, 0.2) is 29.4 Å². The Morgan fingerprint density at radius 3 is 2.40 bits per heavy atom. The number of hydrogen-bond donors (Lipinski definition) is 0. The molecule has 0 spiro atoms. The minimum absolute atomic E-state index is 0.0694. The third-order valence-corrected chi connectivity index (χ3v) is 1.84. The van der Waals surface area contributed by atoms with Crippen molar-refractivity contribution in [2.45, 2.75) is 27.4 Å². The van der Waals surface area contributed by atoms with E-state index in [9.17, 15) is 0 Å². The van der Waals surface area contributed by atoms with Gasteiger partial charge in [-0.15, -0.1) is 0 Å². The zero-order chi connectivity index (χ0) is 11.3. The summed E-state index contributed by atoms with van der Waals surface area (Å²) in [5.74, 6) is 0. The van der Waals surface area contributed by atoms with Crippen molar-refractivity contribution in [2.24, 2.45) is 10.6 Å². The largest absolute Gasteiger partial charge is 0.391 e. The topological polar surface area (TPSA) is 21.6 Å². The third kappa shape index (κ3) is 5.43. The minimum Gasteiger partial charge on any atom is -0.391 e. The molecule has 81 valence electrons. The average Bonchev–Trinajstić information content (AvgIpc) is 2.14. The summed E-state index contributed by atoms with van der Waals surface area (Å²) in [6, 6.07) is 7.48. The number of nitrogens with zero attached hydrogens (tertiary/aromatic N) is 1. The highest BCUT2D eigenvalue weighted by Gasteiger charge is 2.06.